The first-order valence-corrected chi connectivity index (χ1v) is 7.28. The van der Waals surface area contributed by atoms with E-state index in [1.807, 2.05) is 0 Å². The van der Waals surface area contributed by atoms with Crippen molar-refractivity contribution in [2.45, 2.75) is 45.6 Å². The van der Waals surface area contributed by atoms with E-state index in [4.69, 9.17) is 23.2 Å². The van der Waals surface area contributed by atoms with Gasteiger partial charge in [0.2, 0.25) is 5.28 Å². The summed E-state index contributed by atoms with van der Waals surface area (Å²) in [5.74, 6) is 2.00. The molecule has 1 heterocycles. The molecule has 2 atom stereocenters. The zero-order valence-corrected chi connectivity index (χ0v) is 12.3. The molecule has 1 fully saturated rings. The quantitative estimate of drug-likeness (QED) is 0.837. The number of aromatic nitrogens is 2. The van der Waals surface area contributed by atoms with Crippen molar-refractivity contribution in [1.29, 1.82) is 0 Å². The topological polar surface area (TPSA) is 37.8 Å². The summed E-state index contributed by atoms with van der Waals surface area (Å²) in [6, 6.07) is 0.433. The van der Waals surface area contributed by atoms with Crippen LogP contribution >= 0.6 is 23.2 Å². The largest absolute Gasteiger partial charge is 0.366 e. The van der Waals surface area contributed by atoms with Crippen LogP contribution in [0.25, 0.3) is 0 Å². The molecule has 1 aromatic rings. The molecule has 0 saturated heterocycles. The molecule has 1 aliphatic carbocycles. The van der Waals surface area contributed by atoms with E-state index in [2.05, 4.69) is 29.1 Å². The molecule has 0 bridgehead atoms. The molecule has 18 heavy (non-hydrogen) atoms. The number of halogens is 2. The van der Waals surface area contributed by atoms with E-state index in [0.717, 1.165) is 0 Å². The van der Waals surface area contributed by atoms with Gasteiger partial charge >= 0.3 is 0 Å². The van der Waals surface area contributed by atoms with E-state index in [0.29, 0.717) is 28.7 Å². The van der Waals surface area contributed by atoms with Crippen LogP contribution in [0.15, 0.2) is 6.20 Å². The first-order valence-electron chi connectivity index (χ1n) is 6.52. The van der Waals surface area contributed by atoms with Crippen LogP contribution in [0.3, 0.4) is 0 Å². The molecule has 2 unspecified atom stereocenters. The Hall–Kier alpha value is -0.540. The number of anilines is 1. The molecule has 1 saturated carbocycles. The summed E-state index contributed by atoms with van der Waals surface area (Å²) < 4.78 is 0. The van der Waals surface area contributed by atoms with Gasteiger partial charge in [-0.1, -0.05) is 38.3 Å². The van der Waals surface area contributed by atoms with Crippen molar-refractivity contribution in [3.63, 3.8) is 0 Å². The average Bonchev–Trinajstić information content (AvgIpc) is 2.34. The number of rotatable bonds is 3. The zero-order chi connectivity index (χ0) is 13.1. The Labute approximate surface area is 118 Å². The van der Waals surface area contributed by atoms with E-state index in [-0.39, 0.29) is 5.28 Å². The maximum absolute atomic E-state index is 6.10. The Morgan fingerprint density at radius 1 is 1.28 bits per heavy atom. The normalized spacial score (nSPS) is 24.3. The van der Waals surface area contributed by atoms with Gasteiger partial charge in [-0.2, -0.15) is 4.98 Å². The zero-order valence-electron chi connectivity index (χ0n) is 10.8. The molecule has 1 aliphatic rings. The minimum atomic E-state index is 0.235. The molecule has 1 aromatic heterocycles. The Morgan fingerprint density at radius 2 is 2.00 bits per heavy atom. The van der Waals surface area contributed by atoms with Crippen LogP contribution in [0.1, 0.15) is 39.5 Å². The highest BCUT2D eigenvalue weighted by molar-refractivity contribution is 6.33. The van der Waals surface area contributed by atoms with Crippen molar-refractivity contribution in [1.82, 2.24) is 9.97 Å². The van der Waals surface area contributed by atoms with Gasteiger partial charge in [-0.3, -0.25) is 0 Å². The molecule has 1 N–H and O–H groups in total. The summed E-state index contributed by atoms with van der Waals surface area (Å²) in [4.78, 5) is 8.04. The highest BCUT2D eigenvalue weighted by Gasteiger charge is 2.28. The fourth-order valence-electron chi connectivity index (χ4n) is 2.76. The van der Waals surface area contributed by atoms with E-state index < -0.39 is 0 Å². The first kappa shape index (κ1) is 13.9. The molecule has 5 heteroatoms. The second kappa shape index (κ2) is 6.07. The number of hydrogen-bond donors (Lipinski definition) is 1. The van der Waals surface area contributed by atoms with E-state index >= 15 is 0 Å². The highest BCUT2D eigenvalue weighted by Crippen LogP contribution is 2.33. The standard InChI is InChI=1S/C13H19Cl2N3/c1-8(2)9-5-3-4-6-11(9)17-12-10(14)7-16-13(15)18-12/h7-9,11H,3-6H2,1-2H3,(H,16,17,18). The third-order valence-corrected chi connectivity index (χ3v) is 4.17. The van der Waals surface area contributed by atoms with Gasteiger partial charge in [0.1, 0.15) is 10.8 Å². The molecule has 100 valence electrons. The van der Waals surface area contributed by atoms with E-state index in [9.17, 15) is 0 Å². The van der Waals surface area contributed by atoms with Gasteiger partial charge in [-0.15, -0.1) is 0 Å². The number of nitrogens with one attached hydrogen (secondary N) is 1. The lowest BCUT2D eigenvalue weighted by Crippen LogP contribution is -2.35. The van der Waals surface area contributed by atoms with Crippen LogP contribution < -0.4 is 5.32 Å². The van der Waals surface area contributed by atoms with E-state index in [1.165, 1.54) is 25.7 Å². The molecule has 2 rings (SSSR count). The molecule has 0 amide bonds. The summed E-state index contributed by atoms with van der Waals surface area (Å²) in [6.45, 7) is 4.55. The fraction of sp³-hybridized carbons (Fsp3) is 0.692. The summed E-state index contributed by atoms with van der Waals surface area (Å²) in [5, 5.41) is 4.22. The van der Waals surface area contributed by atoms with Crippen molar-refractivity contribution >= 4 is 29.0 Å². The van der Waals surface area contributed by atoms with Crippen LogP contribution in [0, 0.1) is 11.8 Å². The monoisotopic (exact) mass is 287 g/mol. The molecule has 3 nitrogen and oxygen atoms in total. The van der Waals surface area contributed by atoms with Gasteiger partial charge in [-0.05, 0) is 36.3 Å². The van der Waals surface area contributed by atoms with Crippen molar-refractivity contribution < 1.29 is 0 Å². The van der Waals surface area contributed by atoms with Crippen molar-refractivity contribution in [3.8, 4) is 0 Å². The minimum absolute atomic E-state index is 0.235. The number of hydrogen-bond acceptors (Lipinski definition) is 3. The second-order valence-corrected chi connectivity index (χ2v) is 6.02. The molecule has 0 aromatic carbocycles. The smallest absolute Gasteiger partial charge is 0.224 e. The van der Waals surface area contributed by atoms with Gasteiger partial charge < -0.3 is 5.32 Å². The van der Waals surface area contributed by atoms with Gasteiger partial charge in [-0.25, -0.2) is 4.98 Å². The highest BCUT2D eigenvalue weighted by atomic mass is 35.5. The van der Waals surface area contributed by atoms with E-state index in [1.54, 1.807) is 6.20 Å². The van der Waals surface area contributed by atoms with Crippen molar-refractivity contribution in [2.75, 3.05) is 5.32 Å². The minimum Gasteiger partial charge on any atom is -0.366 e. The maximum Gasteiger partial charge on any atom is 0.224 e. The molecular weight excluding hydrogens is 269 g/mol. The Kier molecular flexibility index (Phi) is 4.68. The lowest BCUT2D eigenvalue weighted by atomic mass is 9.78. The third kappa shape index (κ3) is 3.27. The maximum atomic E-state index is 6.10. The predicted octanol–water partition coefficient (Wildman–Crippen LogP) is 4.41. The number of nitrogens with zero attached hydrogens (tertiary/aromatic N) is 2. The summed E-state index contributed by atoms with van der Waals surface area (Å²) in [6.07, 6.45) is 6.57. The SMILES string of the molecule is CC(C)C1CCCCC1Nc1nc(Cl)ncc1Cl. The molecule has 0 spiro atoms. The fourth-order valence-corrected chi connectivity index (χ4v) is 3.04. The molecule has 0 aliphatic heterocycles. The van der Waals surface area contributed by atoms with Crippen LogP contribution in [-0.2, 0) is 0 Å². The van der Waals surface area contributed by atoms with Crippen LogP contribution in [-0.4, -0.2) is 16.0 Å². The lowest BCUT2D eigenvalue weighted by molar-refractivity contribution is 0.253. The van der Waals surface area contributed by atoms with Crippen LogP contribution in [0.5, 0.6) is 0 Å². The predicted molar refractivity (Wildman–Crippen MR) is 76.3 cm³/mol. The first-order chi connectivity index (χ1) is 8.58. The second-order valence-electron chi connectivity index (χ2n) is 5.28. The Balaban J connectivity index is 2.13. The van der Waals surface area contributed by atoms with Gasteiger partial charge in [0.05, 0.1) is 6.20 Å². The average molecular weight is 288 g/mol. The Bertz CT molecular complexity index is 409. The molecule has 0 radical (unpaired) electrons. The van der Waals surface area contributed by atoms with Crippen molar-refractivity contribution in [3.05, 3.63) is 16.5 Å². The molecular formula is C13H19Cl2N3. The van der Waals surface area contributed by atoms with Gasteiger partial charge in [0, 0.05) is 6.04 Å². The summed E-state index contributed by atoms with van der Waals surface area (Å²) in [7, 11) is 0. The summed E-state index contributed by atoms with van der Waals surface area (Å²) in [5.41, 5.74) is 0. The van der Waals surface area contributed by atoms with Crippen molar-refractivity contribution in [2.24, 2.45) is 11.8 Å². The Morgan fingerprint density at radius 3 is 2.72 bits per heavy atom. The van der Waals surface area contributed by atoms with Gasteiger partial charge in [0.25, 0.3) is 0 Å². The van der Waals surface area contributed by atoms with Crippen LogP contribution in [0.2, 0.25) is 10.3 Å². The summed E-state index contributed by atoms with van der Waals surface area (Å²) >= 11 is 11.9. The lowest BCUT2D eigenvalue weighted by Gasteiger charge is -2.35. The van der Waals surface area contributed by atoms with Gasteiger partial charge in [0.15, 0.2) is 0 Å². The third-order valence-electron chi connectivity index (χ3n) is 3.71. The van der Waals surface area contributed by atoms with Crippen LogP contribution in [0.4, 0.5) is 5.82 Å².